The van der Waals surface area contributed by atoms with E-state index in [1.54, 1.807) is 7.11 Å². The summed E-state index contributed by atoms with van der Waals surface area (Å²) in [5.41, 5.74) is 3.43. The minimum atomic E-state index is -0.574. The van der Waals surface area contributed by atoms with Crippen molar-refractivity contribution in [2.45, 2.75) is 77.4 Å². The summed E-state index contributed by atoms with van der Waals surface area (Å²) in [6.07, 6.45) is 10.6. The number of aliphatic hydroxyl groups is 1. The minimum absolute atomic E-state index is 0.130. The fourth-order valence-corrected chi connectivity index (χ4v) is 4.27. The van der Waals surface area contributed by atoms with Crippen LogP contribution >= 0.6 is 0 Å². The highest BCUT2D eigenvalue weighted by Gasteiger charge is 2.33. The van der Waals surface area contributed by atoms with Gasteiger partial charge in [0.15, 0.2) is 0 Å². The van der Waals surface area contributed by atoms with Crippen LogP contribution in [0.4, 0.5) is 0 Å². The van der Waals surface area contributed by atoms with Gasteiger partial charge in [-0.2, -0.15) is 0 Å². The zero-order chi connectivity index (χ0) is 24.1. The molecule has 0 bridgehead atoms. The lowest BCUT2D eigenvalue weighted by Gasteiger charge is -2.15. The minimum Gasteiger partial charge on any atom is -0.469 e. The number of methoxy groups -OCH3 is 2. The van der Waals surface area contributed by atoms with Crippen LogP contribution < -0.4 is 0 Å². The van der Waals surface area contributed by atoms with Gasteiger partial charge in [0, 0.05) is 32.8 Å². The molecule has 1 aliphatic rings. The number of esters is 2. The van der Waals surface area contributed by atoms with Crippen LogP contribution in [0.2, 0.25) is 0 Å². The Bertz CT molecular complexity index is 826. The molecular formula is C27H38O6. The van der Waals surface area contributed by atoms with Crippen molar-refractivity contribution in [2.75, 3.05) is 14.2 Å². The van der Waals surface area contributed by atoms with Crippen LogP contribution in [-0.4, -0.2) is 37.4 Å². The number of hydrogen-bond acceptors (Lipinski definition) is 6. The smallest absolute Gasteiger partial charge is 0.307 e. The molecule has 2 rings (SSSR count). The van der Waals surface area contributed by atoms with Gasteiger partial charge in [0.05, 0.1) is 19.8 Å². The van der Waals surface area contributed by atoms with Crippen molar-refractivity contribution in [1.29, 1.82) is 0 Å². The molecule has 1 aromatic rings. The Kier molecular flexibility index (Phi) is 11.9. The van der Waals surface area contributed by atoms with E-state index in [0.717, 1.165) is 56.1 Å². The molecule has 0 aliphatic heterocycles. The summed E-state index contributed by atoms with van der Waals surface area (Å²) >= 11 is 0. The molecule has 33 heavy (non-hydrogen) atoms. The summed E-state index contributed by atoms with van der Waals surface area (Å²) in [6, 6.07) is 8.38. The third kappa shape index (κ3) is 9.52. The Morgan fingerprint density at radius 2 is 1.85 bits per heavy atom. The number of ether oxygens (including phenoxy) is 3. The van der Waals surface area contributed by atoms with Crippen molar-refractivity contribution in [3.63, 3.8) is 0 Å². The number of benzene rings is 1. The Balaban J connectivity index is 1.92. The summed E-state index contributed by atoms with van der Waals surface area (Å²) in [5.74, 6) is -0.0431. The maximum atomic E-state index is 11.5. The molecule has 1 N–H and O–H groups in total. The summed E-state index contributed by atoms with van der Waals surface area (Å²) in [4.78, 5) is 22.8. The van der Waals surface area contributed by atoms with E-state index >= 15 is 0 Å². The molecule has 0 aromatic heterocycles. The first kappa shape index (κ1) is 26.8. The van der Waals surface area contributed by atoms with Crippen LogP contribution in [0.3, 0.4) is 0 Å². The summed E-state index contributed by atoms with van der Waals surface area (Å²) in [7, 11) is 3.10. The molecule has 0 amide bonds. The molecule has 0 fully saturated rings. The van der Waals surface area contributed by atoms with E-state index in [0.29, 0.717) is 25.2 Å². The van der Waals surface area contributed by atoms with Crippen molar-refractivity contribution in [3.05, 3.63) is 58.9 Å². The predicted molar refractivity (Wildman–Crippen MR) is 127 cm³/mol. The number of aryl methyl sites for hydroxylation is 1. The molecular weight excluding hydrogens is 420 g/mol. The molecule has 182 valence electrons. The Hall–Kier alpha value is -2.44. The van der Waals surface area contributed by atoms with Gasteiger partial charge in [-0.15, -0.1) is 0 Å². The number of carbonyl (C=O) groups excluding carboxylic acids is 2. The van der Waals surface area contributed by atoms with E-state index in [9.17, 15) is 14.7 Å². The lowest BCUT2D eigenvalue weighted by Crippen LogP contribution is -2.14. The standard InChI is InChI=1S/C27H38O6/c1-20(28)33-26-18-25(29)23(24(26)15-6-4-5-7-16-27(30)32-3)14-9-8-11-21-12-10-13-22(17-21)19-31-2/h9-10,12-14,17,23,25,29H,4-8,11,15-16,18-19H2,1-3H3/b14-9+/t23?,25-/m1/s1. The predicted octanol–water partition coefficient (Wildman–Crippen LogP) is 5.03. The van der Waals surface area contributed by atoms with Crippen molar-refractivity contribution in [3.8, 4) is 0 Å². The van der Waals surface area contributed by atoms with Crippen molar-refractivity contribution in [2.24, 2.45) is 5.92 Å². The Morgan fingerprint density at radius 1 is 1.09 bits per heavy atom. The zero-order valence-corrected chi connectivity index (χ0v) is 20.2. The lowest BCUT2D eigenvalue weighted by molar-refractivity contribution is -0.140. The molecule has 0 spiro atoms. The van der Waals surface area contributed by atoms with Gasteiger partial charge in [-0.05, 0) is 48.8 Å². The van der Waals surface area contributed by atoms with E-state index in [1.807, 2.05) is 6.07 Å². The molecule has 6 heteroatoms. The van der Waals surface area contributed by atoms with Crippen LogP contribution in [0.15, 0.2) is 47.7 Å². The van der Waals surface area contributed by atoms with Gasteiger partial charge in [-0.25, -0.2) is 0 Å². The lowest BCUT2D eigenvalue weighted by atomic mass is 9.93. The van der Waals surface area contributed by atoms with Gasteiger partial charge < -0.3 is 19.3 Å². The van der Waals surface area contributed by atoms with Gasteiger partial charge in [0.25, 0.3) is 0 Å². The highest BCUT2D eigenvalue weighted by atomic mass is 16.5. The number of hydrogen-bond donors (Lipinski definition) is 1. The molecule has 1 aliphatic carbocycles. The molecule has 0 saturated heterocycles. The molecule has 6 nitrogen and oxygen atoms in total. The van der Waals surface area contributed by atoms with Crippen LogP contribution in [-0.2, 0) is 36.8 Å². The van der Waals surface area contributed by atoms with Crippen molar-refractivity contribution in [1.82, 2.24) is 0 Å². The average Bonchev–Trinajstić information content (AvgIpc) is 3.07. The fourth-order valence-electron chi connectivity index (χ4n) is 4.27. The SMILES string of the molecule is COCc1cccc(CC/C=C/C2C(CCCCCCC(=O)OC)=C(OC(C)=O)C[C@H]2O)c1. The molecule has 2 atom stereocenters. The summed E-state index contributed by atoms with van der Waals surface area (Å²) in [6.45, 7) is 2.00. The van der Waals surface area contributed by atoms with Crippen LogP contribution in [0.5, 0.6) is 0 Å². The topological polar surface area (TPSA) is 82.1 Å². The molecule has 0 radical (unpaired) electrons. The van der Waals surface area contributed by atoms with Crippen LogP contribution in [0.25, 0.3) is 0 Å². The molecule has 0 saturated carbocycles. The third-order valence-electron chi connectivity index (χ3n) is 5.89. The second kappa shape index (κ2) is 14.7. The van der Waals surface area contributed by atoms with Gasteiger partial charge in [-0.1, -0.05) is 49.3 Å². The quantitative estimate of drug-likeness (QED) is 0.239. The first-order valence-electron chi connectivity index (χ1n) is 11.8. The monoisotopic (exact) mass is 458 g/mol. The Labute approximate surface area is 197 Å². The van der Waals surface area contributed by atoms with Gasteiger partial charge in [0.1, 0.15) is 5.76 Å². The molecule has 0 heterocycles. The number of unbranched alkanes of at least 4 members (excludes halogenated alkanes) is 3. The normalized spacial score (nSPS) is 18.2. The molecule has 1 unspecified atom stereocenters. The van der Waals surface area contributed by atoms with E-state index < -0.39 is 6.10 Å². The first-order valence-corrected chi connectivity index (χ1v) is 11.8. The van der Waals surface area contributed by atoms with Crippen LogP contribution in [0.1, 0.15) is 69.4 Å². The third-order valence-corrected chi connectivity index (χ3v) is 5.89. The van der Waals surface area contributed by atoms with Gasteiger partial charge >= 0.3 is 11.9 Å². The fraction of sp³-hybridized carbons (Fsp3) is 0.556. The maximum absolute atomic E-state index is 11.5. The van der Waals surface area contributed by atoms with Crippen LogP contribution in [0, 0.1) is 5.92 Å². The van der Waals surface area contributed by atoms with Crippen molar-refractivity contribution >= 4 is 11.9 Å². The maximum Gasteiger partial charge on any atom is 0.307 e. The van der Waals surface area contributed by atoms with Gasteiger partial charge in [0.2, 0.25) is 0 Å². The number of rotatable bonds is 14. The average molecular weight is 459 g/mol. The van der Waals surface area contributed by atoms with E-state index in [2.05, 4.69) is 35.1 Å². The van der Waals surface area contributed by atoms with E-state index in [1.165, 1.54) is 19.6 Å². The largest absolute Gasteiger partial charge is 0.469 e. The van der Waals surface area contributed by atoms with Crippen molar-refractivity contribution < 1.29 is 28.9 Å². The number of carbonyl (C=O) groups is 2. The number of aliphatic hydroxyl groups excluding tert-OH is 1. The van der Waals surface area contributed by atoms with E-state index in [-0.39, 0.29) is 17.9 Å². The highest BCUT2D eigenvalue weighted by molar-refractivity contribution is 5.69. The zero-order valence-electron chi connectivity index (χ0n) is 20.2. The molecule has 1 aromatic carbocycles. The second-order valence-corrected chi connectivity index (χ2v) is 8.55. The second-order valence-electron chi connectivity index (χ2n) is 8.55. The Morgan fingerprint density at radius 3 is 2.58 bits per heavy atom. The van der Waals surface area contributed by atoms with E-state index in [4.69, 9.17) is 9.47 Å². The summed E-state index contributed by atoms with van der Waals surface area (Å²) in [5, 5.41) is 10.6. The number of allylic oxidation sites excluding steroid dienone is 1. The first-order chi connectivity index (χ1) is 15.9. The summed E-state index contributed by atoms with van der Waals surface area (Å²) < 4.78 is 15.3. The van der Waals surface area contributed by atoms with Gasteiger partial charge in [-0.3, -0.25) is 9.59 Å². The highest BCUT2D eigenvalue weighted by Crippen LogP contribution is 2.37.